The standard InChI is InChI=1S/C14H12N4O3/c1-2-8-17(10-13(19)20)14(21)12-9-18(16-15-12)11-6-4-3-5-7-11/h1,3-7,9H,8,10H2,(H,19,20). The molecule has 1 N–H and O–H groups in total. The van der Waals surface area contributed by atoms with Crippen molar-refractivity contribution in [3.05, 3.63) is 42.2 Å². The number of carboxylic acids is 1. The van der Waals surface area contributed by atoms with Crippen molar-refractivity contribution in [3.8, 4) is 18.0 Å². The Hall–Kier alpha value is -3.14. The molecule has 0 bridgehead atoms. The Morgan fingerprint density at radius 1 is 1.33 bits per heavy atom. The van der Waals surface area contributed by atoms with E-state index in [1.54, 1.807) is 12.1 Å². The highest BCUT2D eigenvalue weighted by Crippen LogP contribution is 2.07. The summed E-state index contributed by atoms with van der Waals surface area (Å²) in [5.41, 5.74) is 0.779. The van der Waals surface area contributed by atoms with Gasteiger partial charge in [-0.15, -0.1) is 11.5 Å². The number of nitrogens with zero attached hydrogens (tertiary/aromatic N) is 4. The number of rotatable bonds is 5. The normalized spacial score (nSPS) is 9.86. The molecule has 106 valence electrons. The van der Waals surface area contributed by atoms with Crippen molar-refractivity contribution in [1.29, 1.82) is 0 Å². The fraction of sp³-hybridized carbons (Fsp3) is 0.143. The Balaban J connectivity index is 2.22. The molecular weight excluding hydrogens is 272 g/mol. The van der Waals surface area contributed by atoms with E-state index >= 15 is 0 Å². The van der Waals surface area contributed by atoms with Gasteiger partial charge in [-0.1, -0.05) is 29.3 Å². The van der Waals surface area contributed by atoms with Crippen molar-refractivity contribution >= 4 is 11.9 Å². The van der Waals surface area contributed by atoms with Crippen LogP contribution in [0.2, 0.25) is 0 Å². The zero-order valence-electron chi connectivity index (χ0n) is 11.0. The molecule has 0 aliphatic carbocycles. The van der Waals surface area contributed by atoms with Crippen LogP contribution in [0.5, 0.6) is 0 Å². The minimum absolute atomic E-state index is 0.0374. The van der Waals surface area contributed by atoms with E-state index in [-0.39, 0.29) is 12.2 Å². The number of carbonyl (C=O) groups excluding carboxylic acids is 1. The molecule has 21 heavy (non-hydrogen) atoms. The lowest BCUT2D eigenvalue weighted by molar-refractivity contribution is -0.137. The molecule has 1 aromatic carbocycles. The van der Waals surface area contributed by atoms with Gasteiger partial charge in [-0.3, -0.25) is 9.59 Å². The number of aliphatic carboxylic acids is 1. The first-order chi connectivity index (χ1) is 10.1. The van der Waals surface area contributed by atoms with E-state index in [9.17, 15) is 9.59 Å². The predicted octanol–water partition coefficient (Wildman–Crippen LogP) is 0.427. The molecule has 7 nitrogen and oxygen atoms in total. The Bertz CT molecular complexity index is 688. The molecule has 0 fully saturated rings. The van der Waals surface area contributed by atoms with Crippen LogP contribution in [0, 0.1) is 12.3 Å². The van der Waals surface area contributed by atoms with Crippen LogP contribution in [0.15, 0.2) is 36.5 Å². The molecule has 7 heteroatoms. The first-order valence-corrected chi connectivity index (χ1v) is 6.04. The summed E-state index contributed by atoms with van der Waals surface area (Å²) in [6.45, 7) is -0.593. The molecule has 0 spiro atoms. The van der Waals surface area contributed by atoms with E-state index in [1.807, 2.05) is 18.2 Å². The summed E-state index contributed by atoms with van der Waals surface area (Å²) in [5.74, 6) is 0.533. The molecule has 0 saturated carbocycles. The van der Waals surface area contributed by atoms with Crippen LogP contribution in [0.25, 0.3) is 5.69 Å². The zero-order valence-corrected chi connectivity index (χ0v) is 11.0. The maximum absolute atomic E-state index is 12.2. The van der Waals surface area contributed by atoms with Gasteiger partial charge < -0.3 is 10.0 Å². The predicted molar refractivity (Wildman–Crippen MR) is 73.7 cm³/mol. The molecule has 2 rings (SSSR count). The highest BCUT2D eigenvalue weighted by atomic mass is 16.4. The topological polar surface area (TPSA) is 88.3 Å². The van der Waals surface area contributed by atoms with Crippen molar-refractivity contribution in [2.45, 2.75) is 0 Å². The Labute approximate surface area is 120 Å². The number of carboxylic acid groups (broad SMARTS) is 1. The number of para-hydroxylation sites is 1. The molecule has 1 amide bonds. The van der Waals surface area contributed by atoms with Gasteiger partial charge in [-0.05, 0) is 12.1 Å². The quantitative estimate of drug-likeness (QED) is 0.804. The van der Waals surface area contributed by atoms with Gasteiger partial charge in [-0.2, -0.15) is 0 Å². The third-order valence-electron chi connectivity index (χ3n) is 2.63. The number of amides is 1. The van der Waals surface area contributed by atoms with Crippen LogP contribution in [0.4, 0.5) is 0 Å². The second kappa shape index (κ2) is 6.34. The number of benzene rings is 1. The van der Waals surface area contributed by atoms with Crippen molar-refractivity contribution in [2.75, 3.05) is 13.1 Å². The van der Waals surface area contributed by atoms with Crippen molar-refractivity contribution in [1.82, 2.24) is 19.9 Å². The molecule has 1 heterocycles. The average molecular weight is 284 g/mol. The van der Waals surface area contributed by atoms with Crippen LogP contribution in [-0.4, -0.2) is 50.0 Å². The number of terminal acetylenes is 1. The summed E-state index contributed by atoms with van der Waals surface area (Å²) in [5, 5.41) is 16.4. The van der Waals surface area contributed by atoms with Gasteiger partial charge in [0.2, 0.25) is 0 Å². The second-order valence-corrected chi connectivity index (χ2v) is 4.14. The molecule has 0 atom stereocenters. The molecule has 1 aromatic heterocycles. The summed E-state index contributed by atoms with van der Waals surface area (Å²) in [6, 6.07) is 9.12. The van der Waals surface area contributed by atoms with Gasteiger partial charge in [0.1, 0.15) is 6.54 Å². The molecule has 0 aliphatic heterocycles. The van der Waals surface area contributed by atoms with E-state index in [1.165, 1.54) is 10.9 Å². The lowest BCUT2D eigenvalue weighted by Gasteiger charge is -2.15. The highest BCUT2D eigenvalue weighted by molar-refractivity contribution is 5.94. The van der Waals surface area contributed by atoms with Gasteiger partial charge >= 0.3 is 5.97 Å². The van der Waals surface area contributed by atoms with Gasteiger partial charge in [0, 0.05) is 0 Å². The van der Waals surface area contributed by atoms with Crippen molar-refractivity contribution in [3.63, 3.8) is 0 Å². The molecule has 0 radical (unpaired) electrons. The summed E-state index contributed by atoms with van der Waals surface area (Å²) < 4.78 is 1.43. The summed E-state index contributed by atoms with van der Waals surface area (Å²) >= 11 is 0. The van der Waals surface area contributed by atoms with Gasteiger partial charge in [0.05, 0.1) is 18.4 Å². The maximum Gasteiger partial charge on any atom is 0.323 e. The zero-order chi connectivity index (χ0) is 15.2. The van der Waals surface area contributed by atoms with Crippen molar-refractivity contribution < 1.29 is 14.7 Å². The second-order valence-electron chi connectivity index (χ2n) is 4.14. The Morgan fingerprint density at radius 3 is 2.67 bits per heavy atom. The summed E-state index contributed by atoms with van der Waals surface area (Å²) in [6.07, 6.45) is 6.57. The monoisotopic (exact) mass is 284 g/mol. The number of aromatic nitrogens is 3. The average Bonchev–Trinajstić information content (AvgIpc) is 2.96. The molecule has 0 unspecified atom stereocenters. The Morgan fingerprint density at radius 2 is 2.05 bits per heavy atom. The lowest BCUT2D eigenvalue weighted by atomic mass is 10.3. The van der Waals surface area contributed by atoms with Gasteiger partial charge in [-0.25, -0.2) is 4.68 Å². The molecule has 0 aliphatic rings. The molecule has 0 saturated heterocycles. The SMILES string of the molecule is C#CCN(CC(=O)O)C(=O)c1cn(-c2ccccc2)nn1. The van der Waals surface area contributed by atoms with E-state index < -0.39 is 18.4 Å². The van der Waals surface area contributed by atoms with E-state index in [4.69, 9.17) is 11.5 Å². The first-order valence-electron chi connectivity index (χ1n) is 6.04. The minimum Gasteiger partial charge on any atom is -0.480 e. The van der Waals surface area contributed by atoms with Crippen LogP contribution < -0.4 is 0 Å². The fourth-order valence-electron chi connectivity index (χ4n) is 1.70. The third kappa shape index (κ3) is 3.45. The van der Waals surface area contributed by atoms with E-state index in [0.29, 0.717) is 0 Å². The van der Waals surface area contributed by atoms with Crippen molar-refractivity contribution in [2.24, 2.45) is 0 Å². The van der Waals surface area contributed by atoms with Crippen LogP contribution in [0.3, 0.4) is 0 Å². The smallest absolute Gasteiger partial charge is 0.323 e. The molecule has 2 aromatic rings. The number of hydrogen-bond donors (Lipinski definition) is 1. The third-order valence-corrected chi connectivity index (χ3v) is 2.63. The van der Waals surface area contributed by atoms with Crippen LogP contribution >= 0.6 is 0 Å². The fourth-order valence-corrected chi connectivity index (χ4v) is 1.70. The first kappa shape index (κ1) is 14.3. The lowest BCUT2D eigenvalue weighted by Crippen LogP contribution is -2.36. The summed E-state index contributed by atoms with van der Waals surface area (Å²) in [7, 11) is 0. The molecular formula is C14H12N4O3. The van der Waals surface area contributed by atoms with Gasteiger partial charge in [0.25, 0.3) is 5.91 Å². The largest absolute Gasteiger partial charge is 0.480 e. The van der Waals surface area contributed by atoms with E-state index in [2.05, 4.69) is 16.2 Å². The number of hydrogen-bond acceptors (Lipinski definition) is 4. The minimum atomic E-state index is -1.14. The van der Waals surface area contributed by atoms with Gasteiger partial charge in [0.15, 0.2) is 5.69 Å². The Kier molecular flexibility index (Phi) is 4.31. The highest BCUT2D eigenvalue weighted by Gasteiger charge is 2.20. The summed E-state index contributed by atoms with van der Waals surface area (Å²) in [4.78, 5) is 23.9. The van der Waals surface area contributed by atoms with E-state index in [0.717, 1.165) is 10.6 Å². The maximum atomic E-state index is 12.2. The van der Waals surface area contributed by atoms with Crippen LogP contribution in [-0.2, 0) is 4.79 Å². The van der Waals surface area contributed by atoms with Crippen LogP contribution in [0.1, 0.15) is 10.5 Å². The number of carbonyl (C=O) groups is 2.